The molecule has 0 aromatic carbocycles. The molecule has 1 aliphatic rings. The smallest absolute Gasteiger partial charge is 0.240 e. The van der Waals surface area contributed by atoms with E-state index in [9.17, 15) is 5.11 Å². The van der Waals surface area contributed by atoms with Crippen molar-refractivity contribution in [2.45, 2.75) is 38.2 Å². The summed E-state index contributed by atoms with van der Waals surface area (Å²) in [5.74, 6) is 7.23. The number of aromatic nitrogens is 2. The fraction of sp³-hybridized carbons (Fsp3) is 0.571. The number of anilines is 2. The Morgan fingerprint density at radius 1 is 1.43 bits per heavy atom. The second-order valence-corrected chi connectivity index (χ2v) is 6.83. The summed E-state index contributed by atoms with van der Waals surface area (Å²) in [6.07, 6.45) is 3.82. The van der Waals surface area contributed by atoms with E-state index in [4.69, 9.17) is 5.84 Å². The molecule has 6 nitrogen and oxygen atoms in total. The maximum atomic E-state index is 10.7. The molecular formula is C14H21N5OS. The van der Waals surface area contributed by atoms with Crippen LogP contribution in [-0.2, 0) is 0 Å². The highest BCUT2D eigenvalue weighted by molar-refractivity contribution is 7.16. The molecule has 114 valence electrons. The number of nitrogens with one attached hydrogen (secondary N) is 2. The van der Waals surface area contributed by atoms with Crippen molar-refractivity contribution in [3.63, 3.8) is 0 Å². The molecular weight excluding hydrogens is 286 g/mol. The molecule has 1 saturated carbocycles. The average Bonchev–Trinajstić information content (AvgIpc) is 2.96. The van der Waals surface area contributed by atoms with E-state index in [1.165, 1.54) is 0 Å². The Bertz CT molecular complexity index is 621. The third kappa shape index (κ3) is 3.09. The van der Waals surface area contributed by atoms with Gasteiger partial charge in [0.05, 0.1) is 11.0 Å². The molecule has 2 heterocycles. The van der Waals surface area contributed by atoms with Gasteiger partial charge in [-0.2, -0.15) is 4.98 Å². The summed E-state index contributed by atoms with van der Waals surface area (Å²) >= 11 is 1.54. The van der Waals surface area contributed by atoms with Gasteiger partial charge in [0.1, 0.15) is 10.6 Å². The first-order valence-electron chi connectivity index (χ1n) is 7.28. The molecule has 1 fully saturated rings. The molecule has 5 N–H and O–H groups in total. The first-order chi connectivity index (χ1) is 10.1. The van der Waals surface area contributed by atoms with E-state index in [1.54, 1.807) is 11.3 Å². The second-order valence-electron chi connectivity index (χ2n) is 5.94. The van der Waals surface area contributed by atoms with Crippen molar-refractivity contribution in [1.82, 2.24) is 9.97 Å². The lowest BCUT2D eigenvalue weighted by Gasteiger charge is -2.35. The van der Waals surface area contributed by atoms with Gasteiger partial charge in [0, 0.05) is 6.54 Å². The fourth-order valence-corrected chi connectivity index (χ4v) is 3.54. The minimum absolute atomic E-state index is 0.386. The van der Waals surface area contributed by atoms with E-state index in [2.05, 4.69) is 27.6 Å². The van der Waals surface area contributed by atoms with E-state index in [1.807, 2.05) is 11.4 Å². The Balaban J connectivity index is 1.77. The van der Waals surface area contributed by atoms with Gasteiger partial charge in [-0.3, -0.25) is 5.43 Å². The molecule has 0 radical (unpaired) electrons. The monoisotopic (exact) mass is 307 g/mol. The number of hydrazine groups is 1. The molecule has 2 aromatic rings. The minimum Gasteiger partial charge on any atom is -0.388 e. The number of rotatable bonds is 4. The van der Waals surface area contributed by atoms with Crippen LogP contribution < -0.4 is 16.6 Å². The third-order valence-corrected chi connectivity index (χ3v) is 5.05. The van der Waals surface area contributed by atoms with Gasteiger partial charge in [0.25, 0.3) is 0 Å². The Morgan fingerprint density at radius 3 is 2.90 bits per heavy atom. The summed E-state index contributed by atoms with van der Waals surface area (Å²) < 4.78 is 0. The minimum atomic E-state index is -0.643. The normalized spacial score (nSPS) is 26.0. The van der Waals surface area contributed by atoms with Gasteiger partial charge in [-0.05, 0) is 43.0 Å². The predicted molar refractivity (Wildman–Crippen MR) is 86.3 cm³/mol. The van der Waals surface area contributed by atoms with Crippen LogP contribution in [0, 0.1) is 5.92 Å². The summed E-state index contributed by atoms with van der Waals surface area (Å²) in [6.45, 7) is 2.75. The number of nitrogen functional groups attached to an aromatic ring is 1. The molecule has 0 amide bonds. The van der Waals surface area contributed by atoms with Crippen molar-refractivity contribution >= 4 is 33.3 Å². The van der Waals surface area contributed by atoms with E-state index in [0.29, 0.717) is 18.4 Å². The van der Waals surface area contributed by atoms with Crippen molar-refractivity contribution in [2.24, 2.45) is 11.8 Å². The first-order valence-corrected chi connectivity index (χ1v) is 8.16. The average molecular weight is 307 g/mol. The van der Waals surface area contributed by atoms with Crippen molar-refractivity contribution in [3.05, 3.63) is 11.4 Å². The van der Waals surface area contributed by atoms with Crippen molar-refractivity contribution in [2.75, 3.05) is 17.3 Å². The van der Waals surface area contributed by atoms with Crippen LogP contribution in [0.1, 0.15) is 32.6 Å². The van der Waals surface area contributed by atoms with Crippen molar-refractivity contribution in [3.8, 4) is 0 Å². The van der Waals surface area contributed by atoms with E-state index in [-0.39, 0.29) is 0 Å². The Morgan fingerprint density at radius 2 is 2.19 bits per heavy atom. The summed E-state index contributed by atoms with van der Waals surface area (Å²) in [5, 5.41) is 16.9. The van der Waals surface area contributed by atoms with Crippen LogP contribution in [0.4, 0.5) is 11.8 Å². The van der Waals surface area contributed by atoms with E-state index >= 15 is 0 Å². The molecule has 0 saturated heterocycles. The summed E-state index contributed by atoms with van der Waals surface area (Å²) in [7, 11) is 0. The number of hydrogen-bond donors (Lipinski definition) is 4. The number of fused-ring (bicyclic) bond motifs is 1. The highest BCUT2D eigenvalue weighted by atomic mass is 32.1. The molecule has 21 heavy (non-hydrogen) atoms. The van der Waals surface area contributed by atoms with E-state index < -0.39 is 5.60 Å². The van der Waals surface area contributed by atoms with Crippen molar-refractivity contribution < 1.29 is 5.11 Å². The molecule has 2 aromatic heterocycles. The Kier molecular flexibility index (Phi) is 3.97. The maximum absolute atomic E-state index is 10.7. The summed E-state index contributed by atoms with van der Waals surface area (Å²) in [4.78, 5) is 9.54. The van der Waals surface area contributed by atoms with Crippen LogP contribution in [0.25, 0.3) is 10.2 Å². The molecule has 0 aliphatic heterocycles. The molecule has 7 heteroatoms. The lowest BCUT2D eigenvalue weighted by atomic mass is 9.79. The van der Waals surface area contributed by atoms with Gasteiger partial charge < -0.3 is 10.4 Å². The van der Waals surface area contributed by atoms with Gasteiger partial charge in [-0.25, -0.2) is 10.8 Å². The SMILES string of the molecule is CC1CCC(O)(CNc2nc(NN)nc3sccc23)CC1. The maximum Gasteiger partial charge on any atom is 0.240 e. The zero-order valence-corrected chi connectivity index (χ0v) is 12.9. The van der Waals surface area contributed by atoms with Crippen LogP contribution in [0.3, 0.4) is 0 Å². The number of aliphatic hydroxyl groups is 1. The highest BCUT2D eigenvalue weighted by Gasteiger charge is 2.31. The molecule has 1 aliphatic carbocycles. The van der Waals surface area contributed by atoms with Crippen LogP contribution in [-0.4, -0.2) is 27.2 Å². The van der Waals surface area contributed by atoms with Crippen LogP contribution in [0.5, 0.6) is 0 Å². The molecule has 0 atom stereocenters. The van der Waals surface area contributed by atoms with Gasteiger partial charge >= 0.3 is 0 Å². The molecule has 0 unspecified atom stereocenters. The van der Waals surface area contributed by atoms with Gasteiger partial charge in [0.2, 0.25) is 5.95 Å². The summed E-state index contributed by atoms with van der Waals surface area (Å²) in [6, 6.07) is 1.98. The molecule has 0 bridgehead atoms. The van der Waals surface area contributed by atoms with Gasteiger partial charge in [-0.15, -0.1) is 11.3 Å². The predicted octanol–water partition coefficient (Wildman–Crippen LogP) is 2.33. The highest BCUT2D eigenvalue weighted by Crippen LogP contribution is 2.33. The lowest BCUT2D eigenvalue weighted by Crippen LogP contribution is -2.40. The number of nitrogens with zero attached hydrogens (tertiary/aromatic N) is 2. The van der Waals surface area contributed by atoms with Crippen molar-refractivity contribution in [1.29, 1.82) is 0 Å². The van der Waals surface area contributed by atoms with Crippen LogP contribution in [0.2, 0.25) is 0 Å². The van der Waals surface area contributed by atoms with E-state index in [0.717, 1.165) is 41.7 Å². The lowest BCUT2D eigenvalue weighted by molar-refractivity contribution is 0.00497. The Hall–Kier alpha value is -1.44. The zero-order chi connectivity index (χ0) is 14.9. The second kappa shape index (κ2) is 5.75. The van der Waals surface area contributed by atoms with Gasteiger partial charge in [0.15, 0.2) is 0 Å². The topological polar surface area (TPSA) is 96.1 Å². The molecule has 3 rings (SSSR count). The number of nitrogens with two attached hydrogens (primary N) is 1. The third-order valence-electron chi connectivity index (χ3n) is 4.24. The number of hydrogen-bond acceptors (Lipinski definition) is 7. The van der Waals surface area contributed by atoms with Gasteiger partial charge in [-0.1, -0.05) is 6.92 Å². The Labute approximate surface area is 127 Å². The summed E-state index contributed by atoms with van der Waals surface area (Å²) in [5.41, 5.74) is 1.84. The molecule has 0 spiro atoms. The fourth-order valence-electron chi connectivity index (χ4n) is 2.78. The van der Waals surface area contributed by atoms with Crippen LogP contribution >= 0.6 is 11.3 Å². The largest absolute Gasteiger partial charge is 0.388 e. The first kappa shape index (κ1) is 14.5. The number of thiophene rings is 1. The quantitative estimate of drug-likeness (QED) is 0.511. The van der Waals surface area contributed by atoms with Crippen LogP contribution in [0.15, 0.2) is 11.4 Å². The standard InChI is InChI=1S/C14H21N5OS/c1-9-2-5-14(20,6-3-9)8-16-11-10-4-7-21-12(10)18-13(17-11)19-15/h4,7,9,20H,2-3,5-6,8,15H2,1H3,(H2,16,17,18,19). The zero-order valence-electron chi connectivity index (χ0n) is 12.1.